The molecule has 1 amide bonds. The average molecular weight is 356 g/mol. The molecule has 3 rings (SSSR count). The predicted molar refractivity (Wildman–Crippen MR) is 96.8 cm³/mol. The average Bonchev–Trinajstić information content (AvgIpc) is 3.06. The molecule has 3 N–H and O–H groups in total. The number of ketones is 1. The Morgan fingerprint density at radius 3 is 2.54 bits per heavy atom. The lowest BCUT2D eigenvalue weighted by Gasteiger charge is -2.10. The second-order valence-corrected chi connectivity index (χ2v) is 5.87. The molecule has 0 saturated carbocycles. The highest BCUT2D eigenvalue weighted by Crippen LogP contribution is 2.38. The molecule has 2 aromatic rings. The molecule has 0 bridgehead atoms. The van der Waals surface area contributed by atoms with Gasteiger partial charge in [0.05, 0.1) is 18.0 Å². The van der Waals surface area contributed by atoms with Gasteiger partial charge in [-0.3, -0.25) is 9.59 Å². The van der Waals surface area contributed by atoms with Crippen molar-refractivity contribution in [2.75, 3.05) is 24.5 Å². The fourth-order valence-corrected chi connectivity index (χ4v) is 2.49. The lowest BCUT2D eigenvalue weighted by atomic mass is 10.1. The van der Waals surface area contributed by atoms with Crippen LogP contribution in [0.25, 0.3) is 0 Å². The third-order valence-corrected chi connectivity index (χ3v) is 3.90. The molecule has 136 valence electrons. The first-order valence-electron chi connectivity index (χ1n) is 8.25. The van der Waals surface area contributed by atoms with E-state index in [0.717, 1.165) is 0 Å². The van der Waals surface area contributed by atoms with Crippen LogP contribution in [-0.4, -0.2) is 25.1 Å². The number of carbonyl (C=O) groups is 2. The Balaban J connectivity index is 1.44. The summed E-state index contributed by atoms with van der Waals surface area (Å²) in [4.78, 5) is 23.3. The first kappa shape index (κ1) is 17.6. The van der Waals surface area contributed by atoms with Crippen molar-refractivity contribution in [3.05, 3.63) is 42.0 Å². The first-order valence-corrected chi connectivity index (χ1v) is 8.25. The monoisotopic (exact) mass is 356 g/mol. The summed E-state index contributed by atoms with van der Waals surface area (Å²) in [6.07, 6.45) is 0.837. The van der Waals surface area contributed by atoms with Crippen LogP contribution in [0.3, 0.4) is 0 Å². The molecule has 7 heteroatoms. The maximum absolute atomic E-state index is 12.1. The number of nitrogen functional groups attached to an aromatic ring is 1. The first-order chi connectivity index (χ1) is 12.5. The van der Waals surface area contributed by atoms with Gasteiger partial charge in [0.2, 0.25) is 12.7 Å². The lowest BCUT2D eigenvalue weighted by molar-refractivity contribution is -0.116. The number of hydrogen-bond acceptors (Lipinski definition) is 6. The molecule has 0 saturated heterocycles. The zero-order valence-electron chi connectivity index (χ0n) is 14.4. The number of benzene rings is 2. The Morgan fingerprint density at radius 1 is 1.15 bits per heavy atom. The van der Waals surface area contributed by atoms with Gasteiger partial charge in [0, 0.05) is 24.1 Å². The number of Topliss-reactive ketones (excluding diaryl/α,β-unsaturated/α-hetero) is 1. The molecule has 1 aliphatic rings. The molecule has 7 nitrogen and oxygen atoms in total. The highest BCUT2D eigenvalue weighted by Gasteiger charge is 2.17. The summed E-state index contributed by atoms with van der Waals surface area (Å²) < 4.78 is 16.1. The van der Waals surface area contributed by atoms with Gasteiger partial charge >= 0.3 is 0 Å². The second kappa shape index (κ2) is 7.77. The van der Waals surface area contributed by atoms with Crippen molar-refractivity contribution < 1.29 is 23.8 Å². The van der Waals surface area contributed by atoms with E-state index in [2.05, 4.69) is 5.32 Å². The fourth-order valence-electron chi connectivity index (χ4n) is 2.49. The minimum Gasteiger partial charge on any atom is -0.494 e. The second-order valence-electron chi connectivity index (χ2n) is 5.87. The Kier molecular flexibility index (Phi) is 5.26. The van der Waals surface area contributed by atoms with E-state index >= 15 is 0 Å². The molecule has 0 atom stereocenters. The predicted octanol–water partition coefficient (Wildman–Crippen LogP) is 3.00. The molecular weight excluding hydrogens is 336 g/mol. The van der Waals surface area contributed by atoms with Gasteiger partial charge in [-0.15, -0.1) is 0 Å². The van der Waals surface area contributed by atoms with Crippen molar-refractivity contribution in [1.29, 1.82) is 0 Å². The van der Waals surface area contributed by atoms with Crippen LogP contribution >= 0.6 is 0 Å². The van der Waals surface area contributed by atoms with Gasteiger partial charge in [-0.1, -0.05) is 0 Å². The zero-order valence-corrected chi connectivity index (χ0v) is 14.4. The summed E-state index contributed by atoms with van der Waals surface area (Å²) in [5, 5.41) is 2.77. The minimum absolute atomic E-state index is 0.0102. The van der Waals surface area contributed by atoms with E-state index < -0.39 is 0 Å². The van der Waals surface area contributed by atoms with Crippen LogP contribution in [0.2, 0.25) is 0 Å². The quantitative estimate of drug-likeness (QED) is 0.449. The van der Waals surface area contributed by atoms with E-state index in [1.165, 1.54) is 6.92 Å². The van der Waals surface area contributed by atoms with Gasteiger partial charge in [-0.25, -0.2) is 0 Å². The van der Waals surface area contributed by atoms with Crippen LogP contribution in [-0.2, 0) is 4.79 Å². The van der Waals surface area contributed by atoms with Gasteiger partial charge < -0.3 is 25.3 Å². The van der Waals surface area contributed by atoms with E-state index in [-0.39, 0.29) is 18.5 Å². The number of ether oxygens (including phenoxy) is 3. The molecule has 26 heavy (non-hydrogen) atoms. The van der Waals surface area contributed by atoms with Gasteiger partial charge in [-0.05, 0) is 37.6 Å². The summed E-state index contributed by atoms with van der Waals surface area (Å²) in [7, 11) is 0. The number of hydrogen-bond donors (Lipinski definition) is 2. The molecule has 1 aliphatic heterocycles. The standard InChI is InChI=1S/C19H20N2O5/c1-12(22)13-4-6-14(7-5-13)24-8-2-3-19(23)21-16-10-18-17(9-15(16)20)25-11-26-18/h4-7,9-10H,2-3,8,11,20H2,1H3,(H,21,23). The summed E-state index contributed by atoms with van der Waals surface area (Å²) >= 11 is 0. The van der Waals surface area contributed by atoms with Gasteiger partial charge in [0.1, 0.15) is 5.75 Å². The number of fused-ring (bicyclic) bond motifs is 1. The van der Waals surface area contributed by atoms with Crippen LogP contribution < -0.4 is 25.3 Å². The van der Waals surface area contributed by atoms with Crippen LogP contribution in [0.5, 0.6) is 17.2 Å². The van der Waals surface area contributed by atoms with E-state index in [1.807, 2.05) is 0 Å². The Morgan fingerprint density at radius 2 is 1.85 bits per heavy atom. The Hall–Kier alpha value is -3.22. The van der Waals surface area contributed by atoms with Crippen LogP contribution in [0.1, 0.15) is 30.1 Å². The molecule has 0 aliphatic carbocycles. The van der Waals surface area contributed by atoms with Gasteiger partial charge in [-0.2, -0.15) is 0 Å². The Labute approximate surface area is 151 Å². The number of nitrogens with two attached hydrogens (primary N) is 1. The topological polar surface area (TPSA) is 99.9 Å². The number of nitrogens with one attached hydrogen (secondary N) is 1. The van der Waals surface area contributed by atoms with Crippen molar-refractivity contribution in [2.45, 2.75) is 19.8 Å². The highest BCUT2D eigenvalue weighted by atomic mass is 16.7. The normalized spacial score (nSPS) is 11.9. The zero-order chi connectivity index (χ0) is 18.5. The van der Waals surface area contributed by atoms with Crippen LogP contribution in [0.15, 0.2) is 36.4 Å². The number of anilines is 2. The van der Waals surface area contributed by atoms with Crippen molar-refractivity contribution >= 4 is 23.1 Å². The smallest absolute Gasteiger partial charge is 0.231 e. The van der Waals surface area contributed by atoms with Crippen LogP contribution in [0.4, 0.5) is 11.4 Å². The number of rotatable bonds is 7. The molecule has 0 aromatic heterocycles. The third-order valence-electron chi connectivity index (χ3n) is 3.90. The summed E-state index contributed by atoms with van der Waals surface area (Å²) in [5.41, 5.74) is 7.47. The van der Waals surface area contributed by atoms with Gasteiger partial charge in [0.15, 0.2) is 17.3 Å². The van der Waals surface area contributed by atoms with E-state index in [0.29, 0.717) is 53.6 Å². The maximum atomic E-state index is 12.1. The van der Waals surface area contributed by atoms with Crippen LogP contribution in [0, 0.1) is 0 Å². The lowest BCUT2D eigenvalue weighted by Crippen LogP contribution is -2.14. The van der Waals surface area contributed by atoms with Crippen molar-refractivity contribution in [3.63, 3.8) is 0 Å². The highest BCUT2D eigenvalue weighted by molar-refractivity contribution is 5.95. The van der Waals surface area contributed by atoms with Crippen molar-refractivity contribution in [1.82, 2.24) is 0 Å². The Bertz CT molecular complexity index is 817. The molecule has 0 spiro atoms. The van der Waals surface area contributed by atoms with Crippen molar-refractivity contribution in [3.8, 4) is 17.2 Å². The van der Waals surface area contributed by atoms with Crippen molar-refractivity contribution in [2.24, 2.45) is 0 Å². The molecule has 0 unspecified atom stereocenters. The number of amides is 1. The largest absolute Gasteiger partial charge is 0.494 e. The maximum Gasteiger partial charge on any atom is 0.231 e. The summed E-state index contributed by atoms with van der Waals surface area (Å²) in [5.74, 6) is 1.65. The summed E-state index contributed by atoms with van der Waals surface area (Å²) in [6, 6.07) is 10.2. The van der Waals surface area contributed by atoms with E-state index in [9.17, 15) is 9.59 Å². The molecule has 0 radical (unpaired) electrons. The van der Waals surface area contributed by atoms with E-state index in [4.69, 9.17) is 19.9 Å². The molecule has 0 fully saturated rings. The third kappa shape index (κ3) is 4.24. The fraction of sp³-hybridized carbons (Fsp3) is 0.263. The minimum atomic E-state index is -0.161. The molecular formula is C19H20N2O5. The van der Waals surface area contributed by atoms with Gasteiger partial charge in [0.25, 0.3) is 0 Å². The number of carbonyl (C=O) groups excluding carboxylic acids is 2. The SMILES string of the molecule is CC(=O)c1ccc(OCCCC(=O)Nc2cc3c(cc2N)OCO3)cc1. The van der Waals surface area contributed by atoms with E-state index in [1.54, 1.807) is 36.4 Å². The molecule has 2 aromatic carbocycles. The summed E-state index contributed by atoms with van der Waals surface area (Å²) in [6.45, 7) is 2.06. The molecule has 1 heterocycles.